The maximum Gasteiger partial charge on any atom is 0.418 e. The first kappa shape index (κ1) is 25.5. The largest absolute Gasteiger partial charge is 0.486 e. The minimum atomic E-state index is -4.60. The van der Waals surface area contributed by atoms with Crippen molar-refractivity contribution in [2.75, 3.05) is 36.4 Å². The molecule has 4 aromatic rings. The van der Waals surface area contributed by atoms with Crippen LogP contribution in [0.4, 0.5) is 28.9 Å². The molecule has 196 valence electrons. The molecule has 1 saturated heterocycles. The van der Waals surface area contributed by atoms with Crippen molar-refractivity contribution in [1.82, 2.24) is 10.3 Å². The van der Waals surface area contributed by atoms with Gasteiger partial charge in [0.05, 0.1) is 5.56 Å². The third-order valence-corrected chi connectivity index (χ3v) is 6.34. The zero-order valence-electron chi connectivity index (χ0n) is 20.2. The van der Waals surface area contributed by atoms with Gasteiger partial charge in [-0.05, 0) is 41.8 Å². The van der Waals surface area contributed by atoms with Crippen molar-refractivity contribution in [2.45, 2.75) is 12.8 Å². The number of benzene rings is 3. The van der Waals surface area contributed by atoms with Crippen LogP contribution in [0.25, 0.3) is 10.8 Å². The van der Waals surface area contributed by atoms with Crippen LogP contribution in [-0.4, -0.2) is 37.1 Å². The lowest BCUT2D eigenvalue weighted by Crippen LogP contribution is -2.44. The van der Waals surface area contributed by atoms with Gasteiger partial charge >= 0.3 is 6.18 Å². The fourth-order valence-electron chi connectivity index (χ4n) is 4.43. The number of hydrogen-bond acceptors (Lipinski definition) is 5. The van der Waals surface area contributed by atoms with Crippen LogP contribution in [0.15, 0.2) is 73.1 Å². The quantitative estimate of drug-likeness (QED) is 0.320. The summed E-state index contributed by atoms with van der Waals surface area (Å²) in [5.74, 6) is -1.52. The SMILES string of the molecule is O=C(Nc1ccc(N2CCNCC2)c(C(F)(F)F)c1)c1ccc(F)c(OCc2cncc3ccccc23)c1. The van der Waals surface area contributed by atoms with Crippen LogP contribution in [0.5, 0.6) is 5.75 Å². The number of nitrogens with zero attached hydrogens (tertiary/aromatic N) is 2. The monoisotopic (exact) mass is 524 g/mol. The smallest absolute Gasteiger partial charge is 0.418 e. The molecule has 0 saturated carbocycles. The predicted molar refractivity (Wildman–Crippen MR) is 137 cm³/mol. The van der Waals surface area contributed by atoms with E-state index in [2.05, 4.69) is 15.6 Å². The maximum atomic E-state index is 14.5. The Labute approximate surface area is 216 Å². The summed E-state index contributed by atoms with van der Waals surface area (Å²) in [7, 11) is 0. The average Bonchev–Trinajstić information content (AvgIpc) is 2.92. The molecule has 2 N–H and O–H groups in total. The molecule has 0 spiro atoms. The molecule has 1 aliphatic heterocycles. The third kappa shape index (κ3) is 5.55. The van der Waals surface area contributed by atoms with E-state index in [1.54, 1.807) is 17.3 Å². The number of hydrogen-bond donors (Lipinski definition) is 2. The first-order valence-electron chi connectivity index (χ1n) is 12.0. The molecule has 0 unspecified atom stereocenters. The zero-order valence-corrected chi connectivity index (χ0v) is 20.2. The van der Waals surface area contributed by atoms with Crippen LogP contribution in [0.3, 0.4) is 0 Å². The summed E-state index contributed by atoms with van der Waals surface area (Å²) in [6.07, 6.45) is -1.27. The Morgan fingerprint density at radius 1 is 1.03 bits per heavy atom. The summed E-state index contributed by atoms with van der Waals surface area (Å²) in [4.78, 5) is 18.7. The molecule has 1 fully saturated rings. The van der Waals surface area contributed by atoms with E-state index in [1.165, 1.54) is 24.3 Å². The Morgan fingerprint density at radius 3 is 2.61 bits per heavy atom. The van der Waals surface area contributed by atoms with Gasteiger partial charge in [0.1, 0.15) is 6.61 Å². The number of amides is 1. The van der Waals surface area contributed by atoms with Gasteiger partial charge in [-0.15, -0.1) is 0 Å². The number of pyridine rings is 1. The van der Waals surface area contributed by atoms with Crippen LogP contribution in [0, 0.1) is 5.82 Å². The van der Waals surface area contributed by atoms with E-state index in [0.717, 1.165) is 28.5 Å². The number of ether oxygens (including phenoxy) is 1. The molecule has 6 nitrogen and oxygen atoms in total. The molecular formula is C28H24F4N4O2. The van der Waals surface area contributed by atoms with Gasteiger partial charge in [0.2, 0.25) is 0 Å². The number of fused-ring (bicyclic) bond motifs is 1. The summed E-state index contributed by atoms with van der Waals surface area (Å²) in [6.45, 7) is 2.08. The molecule has 1 amide bonds. The molecule has 0 aliphatic carbocycles. The van der Waals surface area contributed by atoms with Crippen LogP contribution in [-0.2, 0) is 12.8 Å². The van der Waals surface area contributed by atoms with Gasteiger partial charge in [0.25, 0.3) is 5.91 Å². The van der Waals surface area contributed by atoms with Crippen molar-refractivity contribution in [1.29, 1.82) is 0 Å². The van der Waals surface area contributed by atoms with E-state index >= 15 is 0 Å². The van der Waals surface area contributed by atoms with Crippen molar-refractivity contribution < 1.29 is 27.1 Å². The van der Waals surface area contributed by atoms with Crippen LogP contribution in [0.2, 0.25) is 0 Å². The first-order chi connectivity index (χ1) is 18.3. The second-order valence-electron chi connectivity index (χ2n) is 8.87. The van der Waals surface area contributed by atoms with Crippen molar-refractivity contribution >= 4 is 28.1 Å². The molecule has 1 aliphatic rings. The van der Waals surface area contributed by atoms with Crippen LogP contribution in [0.1, 0.15) is 21.5 Å². The number of alkyl halides is 3. The number of carbonyl (C=O) groups is 1. The first-order valence-corrected chi connectivity index (χ1v) is 12.0. The van der Waals surface area contributed by atoms with E-state index < -0.39 is 23.5 Å². The Morgan fingerprint density at radius 2 is 1.82 bits per heavy atom. The minimum Gasteiger partial charge on any atom is -0.486 e. The molecule has 38 heavy (non-hydrogen) atoms. The zero-order chi connectivity index (χ0) is 26.7. The second-order valence-corrected chi connectivity index (χ2v) is 8.87. The standard InChI is InChI=1S/C28H24F4N4O2/c29-24-7-5-18(13-26(24)38-17-20-16-34-15-19-3-1-2-4-22(19)20)27(37)35-21-6-8-25(23(14-21)28(30,31)32)36-11-9-33-10-12-36/h1-8,13-16,33H,9-12,17H2,(H,35,37). The molecule has 1 aromatic heterocycles. The Balaban J connectivity index is 1.34. The summed E-state index contributed by atoms with van der Waals surface area (Å²) in [6, 6.07) is 14.8. The molecule has 2 heterocycles. The summed E-state index contributed by atoms with van der Waals surface area (Å²) in [5, 5.41) is 7.41. The van der Waals surface area contributed by atoms with E-state index in [-0.39, 0.29) is 29.3 Å². The van der Waals surface area contributed by atoms with E-state index in [4.69, 9.17) is 4.74 Å². The van der Waals surface area contributed by atoms with Crippen LogP contribution < -0.4 is 20.3 Å². The highest BCUT2D eigenvalue weighted by Crippen LogP contribution is 2.38. The van der Waals surface area contributed by atoms with Crippen LogP contribution >= 0.6 is 0 Å². The molecule has 5 rings (SSSR count). The maximum absolute atomic E-state index is 14.5. The lowest BCUT2D eigenvalue weighted by Gasteiger charge is -2.31. The van der Waals surface area contributed by atoms with E-state index in [1.807, 2.05) is 24.3 Å². The fourth-order valence-corrected chi connectivity index (χ4v) is 4.43. The van der Waals surface area contributed by atoms with Gasteiger partial charge in [-0.2, -0.15) is 13.2 Å². The summed E-state index contributed by atoms with van der Waals surface area (Å²) >= 11 is 0. The summed E-state index contributed by atoms with van der Waals surface area (Å²) in [5.41, 5.74) is -0.00459. The third-order valence-electron chi connectivity index (χ3n) is 6.34. The normalized spacial score (nSPS) is 13.9. The lowest BCUT2D eigenvalue weighted by atomic mass is 10.1. The number of aromatic nitrogens is 1. The van der Waals surface area contributed by atoms with Gasteiger partial charge in [0.15, 0.2) is 11.6 Å². The number of nitrogens with one attached hydrogen (secondary N) is 2. The van der Waals surface area contributed by atoms with Crippen molar-refractivity contribution in [3.63, 3.8) is 0 Å². The van der Waals surface area contributed by atoms with E-state index in [0.29, 0.717) is 26.2 Å². The minimum absolute atomic E-state index is 0.0127. The lowest BCUT2D eigenvalue weighted by molar-refractivity contribution is -0.137. The van der Waals surface area contributed by atoms with Gasteiger partial charge in [-0.3, -0.25) is 9.78 Å². The molecule has 0 radical (unpaired) electrons. The van der Waals surface area contributed by atoms with Gasteiger partial charge in [0, 0.05) is 66.5 Å². The van der Waals surface area contributed by atoms with Crippen molar-refractivity contribution in [3.05, 3.63) is 95.6 Å². The van der Waals surface area contributed by atoms with Gasteiger partial charge < -0.3 is 20.3 Å². The average molecular weight is 525 g/mol. The summed E-state index contributed by atoms with van der Waals surface area (Å²) < 4.78 is 61.7. The van der Waals surface area contributed by atoms with Gasteiger partial charge in [-0.1, -0.05) is 24.3 Å². The Hall–Kier alpha value is -4.18. The number of rotatable bonds is 6. The topological polar surface area (TPSA) is 66.5 Å². The van der Waals surface area contributed by atoms with Crippen molar-refractivity contribution in [2.24, 2.45) is 0 Å². The molecule has 10 heteroatoms. The predicted octanol–water partition coefficient (Wildman–Crippen LogP) is 5.63. The highest BCUT2D eigenvalue weighted by Gasteiger charge is 2.35. The molecule has 0 atom stereocenters. The number of anilines is 2. The second kappa shape index (κ2) is 10.7. The van der Waals surface area contributed by atoms with Crippen molar-refractivity contribution in [3.8, 4) is 5.75 Å². The highest BCUT2D eigenvalue weighted by molar-refractivity contribution is 6.04. The number of piperazine rings is 1. The molecule has 0 bridgehead atoms. The Bertz CT molecular complexity index is 1460. The molecular weight excluding hydrogens is 500 g/mol. The Kier molecular flexibility index (Phi) is 7.15. The molecule has 3 aromatic carbocycles. The van der Waals surface area contributed by atoms with E-state index in [9.17, 15) is 22.4 Å². The highest BCUT2D eigenvalue weighted by atomic mass is 19.4. The fraction of sp³-hybridized carbons (Fsp3) is 0.214. The number of carbonyl (C=O) groups excluding carboxylic acids is 1. The van der Waals surface area contributed by atoms with Gasteiger partial charge in [-0.25, -0.2) is 4.39 Å². The number of halogens is 4.